The lowest BCUT2D eigenvalue weighted by molar-refractivity contribution is 0.523. The average Bonchev–Trinajstić information content (AvgIpc) is 2.87. The lowest BCUT2D eigenvalue weighted by atomic mass is 9.96. The van der Waals surface area contributed by atoms with Crippen molar-refractivity contribution < 1.29 is 4.42 Å². The first kappa shape index (κ1) is 17.5. The van der Waals surface area contributed by atoms with Crippen molar-refractivity contribution in [3.63, 3.8) is 0 Å². The quantitative estimate of drug-likeness (QED) is 0.439. The van der Waals surface area contributed by atoms with Crippen LogP contribution in [0.1, 0.15) is 43.3 Å². The van der Waals surface area contributed by atoms with Crippen LogP contribution in [0.5, 0.6) is 0 Å². The van der Waals surface area contributed by atoms with Gasteiger partial charge in [0.05, 0.1) is 0 Å². The fraction of sp³-hybridized carbons (Fsp3) is 0.389. The minimum atomic E-state index is -0.351. The Morgan fingerprint density at radius 2 is 1.84 bits per heavy atom. The lowest BCUT2D eigenvalue weighted by Gasteiger charge is -2.16. The molecule has 0 amide bonds. The molecule has 2 N–H and O–H groups in total. The average molecular weight is 358 g/mol. The Kier molecular flexibility index (Phi) is 4.36. The van der Waals surface area contributed by atoms with E-state index >= 15 is 0 Å². The maximum Gasteiger partial charge on any atom is 0.336 e. The maximum atomic E-state index is 11.9. The predicted molar refractivity (Wildman–Crippen MR) is 100 cm³/mol. The molecule has 0 spiro atoms. The zero-order valence-corrected chi connectivity index (χ0v) is 15.9. The molecule has 0 saturated heterocycles. The van der Waals surface area contributed by atoms with Crippen LogP contribution < -0.4 is 11.5 Å². The highest BCUT2D eigenvalue weighted by Crippen LogP contribution is 2.28. The van der Waals surface area contributed by atoms with Gasteiger partial charge in [0.15, 0.2) is 5.82 Å². The SMILES string of the molecule is Cc1cc2oc(=O)cc(CSc3nnc(C(C)(C)C)n3N)c2cc1C. The van der Waals surface area contributed by atoms with Crippen molar-refractivity contribution in [2.24, 2.45) is 0 Å². The molecular weight excluding hydrogens is 336 g/mol. The minimum absolute atomic E-state index is 0.185. The van der Waals surface area contributed by atoms with Crippen molar-refractivity contribution in [2.75, 3.05) is 5.84 Å². The molecule has 132 valence electrons. The summed E-state index contributed by atoms with van der Waals surface area (Å²) in [6.45, 7) is 10.2. The van der Waals surface area contributed by atoms with Crippen LogP contribution in [0.15, 0.2) is 32.6 Å². The number of aromatic nitrogens is 3. The predicted octanol–water partition coefficient (Wildman–Crippen LogP) is 3.30. The van der Waals surface area contributed by atoms with E-state index in [-0.39, 0.29) is 11.0 Å². The van der Waals surface area contributed by atoms with E-state index in [1.807, 2.05) is 40.7 Å². The van der Waals surface area contributed by atoms with Gasteiger partial charge in [-0.15, -0.1) is 10.2 Å². The van der Waals surface area contributed by atoms with Gasteiger partial charge in [0.25, 0.3) is 0 Å². The zero-order valence-electron chi connectivity index (χ0n) is 15.1. The second-order valence-corrected chi connectivity index (χ2v) is 8.18. The number of hydrogen-bond acceptors (Lipinski definition) is 6. The summed E-state index contributed by atoms with van der Waals surface area (Å²) in [4.78, 5) is 11.9. The number of benzene rings is 1. The van der Waals surface area contributed by atoms with Gasteiger partial charge >= 0.3 is 5.63 Å². The Morgan fingerprint density at radius 3 is 2.48 bits per heavy atom. The highest BCUT2D eigenvalue weighted by molar-refractivity contribution is 7.98. The molecule has 0 saturated carbocycles. The molecule has 3 aromatic rings. The summed E-state index contributed by atoms with van der Waals surface area (Å²) in [6.07, 6.45) is 0. The standard InChI is InChI=1S/C18H22N4O2S/c1-10-6-13-12(8-15(23)24-14(13)7-11(10)2)9-25-17-21-20-16(22(17)19)18(3,4)5/h6-8H,9,19H2,1-5H3. The molecule has 0 atom stereocenters. The number of hydrogen-bond donors (Lipinski definition) is 1. The molecule has 0 aliphatic rings. The van der Waals surface area contributed by atoms with Crippen LogP contribution in [0.4, 0.5) is 0 Å². The highest BCUT2D eigenvalue weighted by atomic mass is 32.2. The third-order valence-electron chi connectivity index (χ3n) is 4.14. The van der Waals surface area contributed by atoms with E-state index in [1.165, 1.54) is 22.5 Å². The third kappa shape index (κ3) is 3.42. The molecular formula is C18H22N4O2S. The number of nitrogens with two attached hydrogens (primary N) is 1. The van der Waals surface area contributed by atoms with Gasteiger partial charge < -0.3 is 10.3 Å². The molecule has 25 heavy (non-hydrogen) atoms. The van der Waals surface area contributed by atoms with Gasteiger partial charge in [-0.2, -0.15) is 0 Å². The lowest BCUT2D eigenvalue weighted by Crippen LogP contribution is -2.24. The van der Waals surface area contributed by atoms with E-state index < -0.39 is 0 Å². The molecule has 0 bridgehead atoms. The molecule has 2 heterocycles. The smallest absolute Gasteiger partial charge is 0.336 e. The van der Waals surface area contributed by atoms with Crippen LogP contribution in [0, 0.1) is 13.8 Å². The van der Waals surface area contributed by atoms with Crippen molar-refractivity contribution in [3.8, 4) is 0 Å². The zero-order chi connectivity index (χ0) is 18.4. The van der Waals surface area contributed by atoms with Gasteiger partial charge in [0, 0.05) is 22.6 Å². The molecule has 0 aliphatic carbocycles. The summed E-state index contributed by atoms with van der Waals surface area (Å²) in [5.74, 6) is 7.41. The minimum Gasteiger partial charge on any atom is -0.423 e. The van der Waals surface area contributed by atoms with Crippen LogP contribution in [-0.4, -0.2) is 14.9 Å². The topological polar surface area (TPSA) is 86.9 Å². The van der Waals surface area contributed by atoms with Gasteiger partial charge in [-0.25, -0.2) is 9.47 Å². The molecule has 6 nitrogen and oxygen atoms in total. The number of aryl methyl sites for hydroxylation is 2. The number of rotatable bonds is 3. The van der Waals surface area contributed by atoms with Crippen LogP contribution in [0.25, 0.3) is 11.0 Å². The highest BCUT2D eigenvalue weighted by Gasteiger charge is 2.23. The maximum absolute atomic E-state index is 11.9. The van der Waals surface area contributed by atoms with Crippen LogP contribution in [0.2, 0.25) is 0 Å². The van der Waals surface area contributed by atoms with E-state index in [1.54, 1.807) is 0 Å². The molecule has 0 aliphatic heterocycles. The summed E-state index contributed by atoms with van der Waals surface area (Å²) < 4.78 is 6.86. The summed E-state index contributed by atoms with van der Waals surface area (Å²) in [6, 6.07) is 5.49. The van der Waals surface area contributed by atoms with Crippen molar-refractivity contribution in [3.05, 3.63) is 51.1 Å². The van der Waals surface area contributed by atoms with Gasteiger partial charge in [0.2, 0.25) is 5.16 Å². The summed E-state index contributed by atoms with van der Waals surface area (Å²) in [5, 5.41) is 9.93. The largest absolute Gasteiger partial charge is 0.423 e. The Bertz CT molecular complexity index is 999. The summed E-state index contributed by atoms with van der Waals surface area (Å²) in [5.41, 5.74) is 3.23. The first-order chi connectivity index (χ1) is 11.7. The van der Waals surface area contributed by atoms with E-state index in [0.29, 0.717) is 16.5 Å². The van der Waals surface area contributed by atoms with Crippen LogP contribution in [-0.2, 0) is 11.2 Å². The molecule has 2 aromatic heterocycles. The number of thioether (sulfide) groups is 1. The molecule has 0 fully saturated rings. The Labute approximate surface area is 150 Å². The molecule has 3 rings (SSSR count). The Balaban J connectivity index is 1.95. The molecule has 1 aromatic carbocycles. The molecule has 0 unspecified atom stereocenters. The van der Waals surface area contributed by atoms with Gasteiger partial charge in [-0.3, -0.25) is 0 Å². The number of fused-ring (bicyclic) bond motifs is 1. The van der Waals surface area contributed by atoms with Crippen LogP contribution in [0.3, 0.4) is 0 Å². The van der Waals surface area contributed by atoms with Crippen molar-refractivity contribution >= 4 is 22.7 Å². The number of nitrogens with zero attached hydrogens (tertiary/aromatic N) is 3. The van der Waals surface area contributed by atoms with Gasteiger partial charge in [-0.1, -0.05) is 32.5 Å². The first-order valence-corrected chi connectivity index (χ1v) is 9.03. The fourth-order valence-corrected chi connectivity index (χ4v) is 3.48. The fourth-order valence-electron chi connectivity index (χ4n) is 2.63. The van der Waals surface area contributed by atoms with Gasteiger partial charge in [-0.05, 0) is 42.7 Å². The van der Waals surface area contributed by atoms with Crippen LogP contribution >= 0.6 is 11.8 Å². The molecule has 7 heteroatoms. The first-order valence-electron chi connectivity index (χ1n) is 8.04. The van der Waals surface area contributed by atoms with E-state index in [2.05, 4.69) is 16.3 Å². The van der Waals surface area contributed by atoms with E-state index in [0.717, 1.165) is 27.9 Å². The third-order valence-corrected chi connectivity index (χ3v) is 5.13. The van der Waals surface area contributed by atoms with E-state index in [9.17, 15) is 4.79 Å². The Hall–Kier alpha value is -2.28. The van der Waals surface area contributed by atoms with Crippen molar-refractivity contribution in [2.45, 2.75) is 50.9 Å². The normalized spacial score (nSPS) is 12.0. The summed E-state index contributed by atoms with van der Waals surface area (Å²) >= 11 is 1.45. The Morgan fingerprint density at radius 1 is 1.16 bits per heavy atom. The van der Waals surface area contributed by atoms with E-state index in [4.69, 9.17) is 10.3 Å². The molecule has 0 radical (unpaired) electrons. The van der Waals surface area contributed by atoms with Crippen molar-refractivity contribution in [1.29, 1.82) is 0 Å². The second kappa shape index (κ2) is 6.22. The summed E-state index contributed by atoms with van der Waals surface area (Å²) in [7, 11) is 0. The van der Waals surface area contributed by atoms with Gasteiger partial charge in [0.1, 0.15) is 5.58 Å². The number of nitrogen functional groups attached to an aromatic ring is 1. The second-order valence-electron chi connectivity index (χ2n) is 7.24. The van der Waals surface area contributed by atoms with Crippen molar-refractivity contribution in [1.82, 2.24) is 14.9 Å². The monoisotopic (exact) mass is 358 g/mol.